The van der Waals surface area contributed by atoms with Crippen LogP contribution in [0.5, 0.6) is 0 Å². The van der Waals surface area contributed by atoms with E-state index in [1.807, 2.05) is 18.2 Å². The van der Waals surface area contributed by atoms with Gasteiger partial charge in [-0.15, -0.1) is 0 Å². The highest BCUT2D eigenvalue weighted by Crippen LogP contribution is 2.13. The topological polar surface area (TPSA) is 55.1 Å². The number of carbonyl (C=O) groups excluding carboxylic acids is 1. The highest BCUT2D eigenvalue weighted by atomic mass is 16.1. The van der Waals surface area contributed by atoms with Gasteiger partial charge in [0.15, 0.2) is 0 Å². The molecule has 0 spiro atoms. The summed E-state index contributed by atoms with van der Waals surface area (Å²) in [5.41, 5.74) is 6.96. The highest BCUT2D eigenvalue weighted by Gasteiger charge is 2.13. The average Bonchev–Trinajstić information content (AvgIpc) is 2.38. The van der Waals surface area contributed by atoms with Crippen molar-refractivity contribution in [1.82, 2.24) is 5.32 Å². The van der Waals surface area contributed by atoms with Crippen molar-refractivity contribution in [2.45, 2.75) is 33.1 Å². The number of nitrogens with two attached hydrogens (primary N) is 1. The summed E-state index contributed by atoms with van der Waals surface area (Å²) in [6.07, 6.45) is 2.44. The van der Waals surface area contributed by atoms with Crippen LogP contribution < -0.4 is 11.1 Å². The summed E-state index contributed by atoms with van der Waals surface area (Å²) in [5.74, 6) is 1.01. The first-order valence-corrected chi connectivity index (χ1v) is 7.12. The lowest BCUT2D eigenvalue weighted by Gasteiger charge is -2.16. The second-order valence-electron chi connectivity index (χ2n) is 5.52. The van der Waals surface area contributed by atoms with Crippen LogP contribution in [0.4, 0.5) is 0 Å². The first-order valence-electron chi connectivity index (χ1n) is 7.12. The maximum Gasteiger partial charge on any atom is 0.220 e. The lowest BCUT2D eigenvalue weighted by atomic mass is 9.94. The third kappa shape index (κ3) is 6.97. The molecule has 1 amide bonds. The first kappa shape index (κ1) is 15.7. The highest BCUT2D eigenvalue weighted by molar-refractivity contribution is 5.76. The van der Waals surface area contributed by atoms with Crippen molar-refractivity contribution in [1.29, 1.82) is 0 Å². The summed E-state index contributed by atoms with van der Waals surface area (Å²) in [4.78, 5) is 11.8. The summed E-state index contributed by atoms with van der Waals surface area (Å²) in [7, 11) is 0. The van der Waals surface area contributed by atoms with E-state index in [-0.39, 0.29) is 5.91 Å². The van der Waals surface area contributed by atoms with E-state index in [0.717, 1.165) is 12.8 Å². The summed E-state index contributed by atoms with van der Waals surface area (Å²) in [5, 5.41) is 2.97. The SMILES string of the molecule is CC(C)C[C@H](CN)CC(=O)NCCc1ccccc1. The van der Waals surface area contributed by atoms with Crippen LogP contribution in [-0.4, -0.2) is 19.0 Å². The van der Waals surface area contributed by atoms with E-state index in [0.29, 0.717) is 31.3 Å². The average molecular weight is 262 g/mol. The van der Waals surface area contributed by atoms with Crippen molar-refractivity contribution < 1.29 is 4.79 Å². The Hall–Kier alpha value is -1.35. The molecule has 0 saturated heterocycles. The van der Waals surface area contributed by atoms with Crippen molar-refractivity contribution >= 4 is 5.91 Å². The third-order valence-electron chi connectivity index (χ3n) is 3.19. The van der Waals surface area contributed by atoms with Gasteiger partial charge in [-0.05, 0) is 36.8 Å². The standard InChI is InChI=1S/C16H26N2O/c1-13(2)10-15(12-17)11-16(19)18-9-8-14-6-4-3-5-7-14/h3-7,13,15H,8-12,17H2,1-2H3,(H,18,19)/t15-/m0/s1. The molecule has 0 saturated carbocycles. The summed E-state index contributed by atoms with van der Waals surface area (Å²) in [6.45, 7) is 5.61. The Labute approximate surface area is 116 Å². The predicted molar refractivity (Wildman–Crippen MR) is 79.8 cm³/mol. The van der Waals surface area contributed by atoms with E-state index in [1.54, 1.807) is 0 Å². The molecule has 0 aliphatic heterocycles. The van der Waals surface area contributed by atoms with Crippen molar-refractivity contribution in [3.63, 3.8) is 0 Å². The summed E-state index contributed by atoms with van der Waals surface area (Å²) in [6, 6.07) is 10.2. The van der Waals surface area contributed by atoms with E-state index in [4.69, 9.17) is 5.73 Å². The quantitative estimate of drug-likeness (QED) is 0.755. The predicted octanol–water partition coefficient (Wildman–Crippen LogP) is 2.36. The number of nitrogens with one attached hydrogen (secondary N) is 1. The van der Waals surface area contributed by atoms with E-state index in [9.17, 15) is 4.79 Å². The molecule has 1 rings (SSSR count). The van der Waals surface area contributed by atoms with Gasteiger partial charge < -0.3 is 11.1 Å². The molecule has 19 heavy (non-hydrogen) atoms. The number of carbonyl (C=O) groups is 1. The van der Waals surface area contributed by atoms with Gasteiger partial charge in [-0.1, -0.05) is 44.2 Å². The lowest BCUT2D eigenvalue weighted by Crippen LogP contribution is -2.30. The van der Waals surface area contributed by atoms with Gasteiger partial charge in [0, 0.05) is 13.0 Å². The Morgan fingerprint density at radius 1 is 1.26 bits per heavy atom. The zero-order chi connectivity index (χ0) is 14.1. The molecule has 106 valence electrons. The molecule has 0 aliphatic carbocycles. The van der Waals surface area contributed by atoms with Gasteiger partial charge >= 0.3 is 0 Å². The Balaban J connectivity index is 2.23. The number of hydrogen-bond acceptors (Lipinski definition) is 2. The number of hydrogen-bond donors (Lipinski definition) is 2. The maximum absolute atomic E-state index is 11.8. The van der Waals surface area contributed by atoms with Crippen LogP contribution in [0.25, 0.3) is 0 Å². The molecular formula is C16H26N2O. The molecule has 0 bridgehead atoms. The van der Waals surface area contributed by atoms with E-state index < -0.39 is 0 Å². The Kier molecular flexibility index (Phi) is 7.19. The fraction of sp³-hybridized carbons (Fsp3) is 0.562. The minimum Gasteiger partial charge on any atom is -0.356 e. The second-order valence-corrected chi connectivity index (χ2v) is 5.52. The minimum atomic E-state index is 0.118. The fourth-order valence-electron chi connectivity index (χ4n) is 2.25. The van der Waals surface area contributed by atoms with Crippen molar-refractivity contribution in [3.8, 4) is 0 Å². The second kappa shape index (κ2) is 8.70. The summed E-state index contributed by atoms with van der Waals surface area (Å²) >= 11 is 0. The van der Waals surface area contributed by atoms with Gasteiger partial charge in [-0.2, -0.15) is 0 Å². The molecule has 1 aromatic carbocycles. The zero-order valence-corrected chi connectivity index (χ0v) is 12.1. The molecule has 3 heteroatoms. The monoisotopic (exact) mass is 262 g/mol. The van der Waals surface area contributed by atoms with Crippen molar-refractivity contribution in [3.05, 3.63) is 35.9 Å². The molecule has 1 aromatic rings. The van der Waals surface area contributed by atoms with Gasteiger partial charge in [0.1, 0.15) is 0 Å². The third-order valence-corrected chi connectivity index (χ3v) is 3.19. The van der Waals surface area contributed by atoms with Gasteiger partial charge in [-0.3, -0.25) is 4.79 Å². The minimum absolute atomic E-state index is 0.118. The van der Waals surface area contributed by atoms with Crippen LogP contribution in [0, 0.1) is 11.8 Å². The number of amides is 1. The van der Waals surface area contributed by atoms with Crippen LogP contribution in [0.3, 0.4) is 0 Å². The van der Waals surface area contributed by atoms with Crippen LogP contribution in [-0.2, 0) is 11.2 Å². The Bertz CT molecular complexity index is 362. The van der Waals surface area contributed by atoms with Crippen LogP contribution in [0.15, 0.2) is 30.3 Å². The molecule has 0 fully saturated rings. The normalized spacial score (nSPS) is 12.4. The maximum atomic E-state index is 11.8. The van der Waals surface area contributed by atoms with Gasteiger partial charge in [0.2, 0.25) is 5.91 Å². The van der Waals surface area contributed by atoms with Crippen molar-refractivity contribution in [2.24, 2.45) is 17.6 Å². The number of rotatable bonds is 8. The van der Waals surface area contributed by atoms with Crippen molar-refractivity contribution in [2.75, 3.05) is 13.1 Å². The first-order chi connectivity index (χ1) is 9.11. The molecule has 0 unspecified atom stereocenters. The van der Waals surface area contributed by atoms with Gasteiger partial charge in [0.05, 0.1) is 0 Å². The Morgan fingerprint density at radius 3 is 2.53 bits per heavy atom. The fourth-order valence-corrected chi connectivity index (χ4v) is 2.25. The molecule has 3 nitrogen and oxygen atoms in total. The smallest absolute Gasteiger partial charge is 0.220 e. The molecule has 0 heterocycles. The molecule has 0 radical (unpaired) electrons. The molecular weight excluding hydrogens is 236 g/mol. The van der Waals surface area contributed by atoms with Gasteiger partial charge in [-0.25, -0.2) is 0 Å². The van der Waals surface area contributed by atoms with E-state index in [2.05, 4.69) is 31.3 Å². The molecule has 0 aliphatic rings. The summed E-state index contributed by atoms with van der Waals surface area (Å²) < 4.78 is 0. The van der Waals surface area contributed by atoms with E-state index >= 15 is 0 Å². The Morgan fingerprint density at radius 2 is 1.95 bits per heavy atom. The van der Waals surface area contributed by atoms with Crippen LogP contribution in [0.2, 0.25) is 0 Å². The molecule has 3 N–H and O–H groups in total. The largest absolute Gasteiger partial charge is 0.356 e. The zero-order valence-electron chi connectivity index (χ0n) is 12.1. The molecule has 1 atom stereocenters. The number of benzene rings is 1. The van der Waals surface area contributed by atoms with Crippen LogP contribution in [0.1, 0.15) is 32.3 Å². The van der Waals surface area contributed by atoms with Crippen LogP contribution >= 0.6 is 0 Å². The van der Waals surface area contributed by atoms with Gasteiger partial charge in [0.25, 0.3) is 0 Å². The lowest BCUT2D eigenvalue weighted by molar-refractivity contribution is -0.122. The molecule has 0 aromatic heterocycles. The van der Waals surface area contributed by atoms with E-state index in [1.165, 1.54) is 5.56 Å².